The van der Waals surface area contributed by atoms with E-state index in [1.165, 1.54) is 0 Å². The second-order valence-corrected chi connectivity index (χ2v) is 4.96. The molecule has 7 N–H and O–H groups in total. The molecular weight excluding hydrogens is 278 g/mol. The Hall–Kier alpha value is -2.44. The molecule has 0 aliphatic heterocycles. The highest BCUT2D eigenvalue weighted by atomic mass is 16.1. The lowest BCUT2D eigenvalue weighted by Crippen LogP contribution is -2.22. The molecule has 0 saturated carbocycles. The van der Waals surface area contributed by atoms with E-state index in [0.29, 0.717) is 18.1 Å². The lowest BCUT2D eigenvalue weighted by Gasteiger charge is -2.12. The van der Waals surface area contributed by atoms with E-state index in [4.69, 9.17) is 17.2 Å². The van der Waals surface area contributed by atoms with Crippen LogP contribution in [0.3, 0.4) is 0 Å². The van der Waals surface area contributed by atoms with Crippen LogP contribution in [0.25, 0.3) is 11.1 Å². The van der Waals surface area contributed by atoms with Gasteiger partial charge in [-0.25, -0.2) is 4.98 Å². The molecule has 6 nitrogen and oxygen atoms in total. The van der Waals surface area contributed by atoms with Crippen LogP contribution in [0.1, 0.15) is 12.0 Å². The molecule has 1 heterocycles. The van der Waals surface area contributed by atoms with Gasteiger partial charge in [-0.1, -0.05) is 12.1 Å². The van der Waals surface area contributed by atoms with E-state index in [1.54, 1.807) is 6.20 Å². The Kier molecular flexibility index (Phi) is 5.46. The van der Waals surface area contributed by atoms with Crippen molar-refractivity contribution in [3.05, 3.63) is 42.1 Å². The first-order valence-electron chi connectivity index (χ1n) is 7.19. The summed E-state index contributed by atoms with van der Waals surface area (Å²) in [7, 11) is 0. The minimum absolute atomic E-state index is 0.0871. The van der Waals surface area contributed by atoms with Gasteiger partial charge in [0, 0.05) is 17.4 Å². The number of hydrogen-bond donors (Lipinski definition) is 4. The number of benzene rings is 1. The molecule has 0 unspecified atom stereocenters. The lowest BCUT2D eigenvalue weighted by molar-refractivity contribution is -0.114. The number of nitrogens with two attached hydrogens (primary N) is 3. The molecule has 0 radical (unpaired) electrons. The molecule has 0 aliphatic carbocycles. The number of carbonyl (C=O) groups is 1. The maximum atomic E-state index is 11.5. The Labute approximate surface area is 129 Å². The standard InChI is InChI=1S/C16H21N5O/c17-7-1-3-11-5-6-12(9-14(11)19)13-4-2-8-20-16(13)21-15(22)10-18/h2,4-6,8-9H,1,3,7,10,17-19H2,(H,20,21,22). The van der Waals surface area contributed by atoms with Crippen LogP contribution in [0.4, 0.5) is 11.5 Å². The van der Waals surface area contributed by atoms with Crippen molar-refractivity contribution in [3.63, 3.8) is 0 Å². The number of aryl methyl sites for hydroxylation is 1. The number of aromatic nitrogens is 1. The fourth-order valence-electron chi connectivity index (χ4n) is 2.20. The van der Waals surface area contributed by atoms with Crippen molar-refractivity contribution >= 4 is 17.4 Å². The Morgan fingerprint density at radius 2 is 2.05 bits per heavy atom. The molecule has 0 bridgehead atoms. The van der Waals surface area contributed by atoms with Gasteiger partial charge in [-0.15, -0.1) is 0 Å². The van der Waals surface area contributed by atoms with E-state index in [9.17, 15) is 4.79 Å². The molecule has 116 valence electrons. The second kappa shape index (κ2) is 7.53. The molecule has 1 aromatic carbocycles. The van der Waals surface area contributed by atoms with E-state index in [2.05, 4.69) is 10.3 Å². The summed E-state index contributed by atoms with van der Waals surface area (Å²) < 4.78 is 0. The molecule has 2 aromatic rings. The number of hydrogen-bond acceptors (Lipinski definition) is 5. The van der Waals surface area contributed by atoms with Gasteiger partial charge in [0.25, 0.3) is 0 Å². The molecule has 22 heavy (non-hydrogen) atoms. The predicted octanol–water partition coefficient (Wildman–Crippen LogP) is 1.12. The summed E-state index contributed by atoms with van der Waals surface area (Å²) in [6.07, 6.45) is 3.37. The van der Waals surface area contributed by atoms with Gasteiger partial charge in [-0.05, 0) is 48.7 Å². The highest BCUT2D eigenvalue weighted by molar-refractivity contribution is 5.95. The van der Waals surface area contributed by atoms with Gasteiger partial charge in [0.1, 0.15) is 5.82 Å². The van der Waals surface area contributed by atoms with Gasteiger partial charge < -0.3 is 22.5 Å². The highest BCUT2D eigenvalue weighted by Gasteiger charge is 2.10. The molecule has 0 spiro atoms. The third kappa shape index (κ3) is 3.81. The predicted molar refractivity (Wildman–Crippen MR) is 89.1 cm³/mol. The smallest absolute Gasteiger partial charge is 0.239 e. The molecule has 0 fully saturated rings. The summed E-state index contributed by atoms with van der Waals surface area (Å²) in [6, 6.07) is 9.54. The fourth-order valence-corrected chi connectivity index (χ4v) is 2.20. The van der Waals surface area contributed by atoms with Crippen LogP contribution in [0.5, 0.6) is 0 Å². The van der Waals surface area contributed by atoms with Crippen LogP contribution in [0.15, 0.2) is 36.5 Å². The van der Waals surface area contributed by atoms with Gasteiger partial charge in [-0.2, -0.15) is 0 Å². The average molecular weight is 299 g/mol. The lowest BCUT2D eigenvalue weighted by atomic mass is 10.0. The van der Waals surface area contributed by atoms with Crippen LogP contribution < -0.4 is 22.5 Å². The first kappa shape index (κ1) is 15.9. The Balaban J connectivity index is 2.32. The van der Waals surface area contributed by atoms with Crippen molar-refractivity contribution in [2.24, 2.45) is 11.5 Å². The molecule has 1 amide bonds. The third-order valence-corrected chi connectivity index (χ3v) is 3.36. The van der Waals surface area contributed by atoms with Crippen LogP contribution in [0.2, 0.25) is 0 Å². The van der Waals surface area contributed by atoms with Gasteiger partial charge >= 0.3 is 0 Å². The largest absolute Gasteiger partial charge is 0.398 e. The quantitative estimate of drug-likeness (QED) is 0.596. The maximum absolute atomic E-state index is 11.5. The Bertz CT molecular complexity index is 657. The number of nitrogen functional groups attached to an aromatic ring is 1. The van der Waals surface area contributed by atoms with Crippen molar-refractivity contribution < 1.29 is 4.79 Å². The summed E-state index contributed by atoms with van der Waals surface area (Å²) in [5.41, 5.74) is 20.5. The summed E-state index contributed by atoms with van der Waals surface area (Å²) >= 11 is 0. The minimum atomic E-state index is -0.285. The summed E-state index contributed by atoms with van der Waals surface area (Å²) in [6.45, 7) is 0.551. The summed E-state index contributed by atoms with van der Waals surface area (Å²) in [5, 5.41) is 2.69. The SMILES string of the molecule is NCCCc1ccc(-c2cccnc2NC(=O)CN)cc1N. The first-order valence-corrected chi connectivity index (χ1v) is 7.19. The molecular formula is C16H21N5O. The van der Waals surface area contributed by atoms with Crippen molar-refractivity contribution in [3.8, 4) is 11.1 Å². The number of anilines is 2. The van der Waals surface area contributed by atoms with Crippen molar-refractivity contribution in [1.29, 1.82) is 0 Å². The van der Waals surface area contributed by atoms with E-state index < -0.39 is 0 Å². The van der Waals surface area contributed by atoms with E-state index in [-0.39, 0.29) is 12.5 Å². The molecule has 0 saturated heterocycles. The minimum Gasteiger partial charge on any atom is -0.398 e. The summed E-state index contributed by atoms with van der Waals surface area (Å²) in [5.74, 6) is 0.194. The average Bonchev–Trinajstić information content (AvgIpc) is 2.54. The Morgan fingerprint density at radius 1 is 1.23 bits per heavy atom. The van der Waals surface area contributed by atoms with Crippen molar-refractivity contribution in [2.75, 3.05) is 24.1 Å². The van der Waals surface area contributed by atoms with Crippen LogP contribution in [-0.2, 0) is 11.2 Å². The molecule has 6 heteroatoms. The Morgan fingerprint density at radius 3 is 2.73 bits per heavy atom. The number of nitrogens with one attached hydrogen (secondary N) is 1. The normalized spacial score (nSPS) is 10.5. The molecule has 0 atom stereocenters. The van der Waals surface area contributed by atoms with Gasteiger partial charge in [-0.3, -0.25) is 4.79 Å². The van der Waals surface area contributed by atoms with Gasteiger partial charge in [0.2, 0.25) is 5.91 Å². The monoisotopic (exact) mass is 299 g/mol. The van der Waals surface area contributed by atoms with Crippen LogP contribution >= 0.6 is 0 Å². The van der Waals surface area contributed by atoms with Gasteiger partial charge in [0.05, 0.1) is 6.54 Å². The molecule has 0 aliphatic rings. The third-order valence-electron chi connectivity index (χ3n) is 3.36. The van der Waals surface area contributed by atoms with E-state index in [1.807, 2.05) is 30.3 Å². The summed E-state index contributed by atoms with van der Waals surface area (Å²) in [4.78, 5) is 15.7. The highest BCUT2D eigenvalue weighted by Crippen LogP contribution is 2.29. The molecule has 2 rings (SSSR count). The first-order chi connectivity index (χ1) is 10.7. The molecule has 1 aromatic heterocycles. The van der Waals surface area contributed by atoms with Crippen molar-refractivity contribution in [2.45, 2.75) is 12.8 Å². The number of pyridine rings is 1. The number of amides is 1. The van der Waals surface area contributed by atoms with E-state index in [0.717, 1.165) is 29.5 Å². The zero-order chi connectivity index (χ0) is 15.9. The maximum Gasteiger partial charge on any atom is 0.239 e. The van der Waals surface area contributed by atoms with E-state index >= 15 is 0 Å². The van der Waals surface area contributed by atoms with Crippen molar-refractivity contribution in [1.82, 2.24) is 4.98 Å². The zero-order valence-corrected chi connectivity index (χ0v) is 12.4. The number of carbonyl (C=O) groups excluding carboxylic acids is 1. The number of nitrogens with zero attached hydrogens (tertiary/aromatic N) is 1. The van der Waals surface area contributed by atoms with Crippen LogP contribution in [0, 0.1) is 0 Å². The van der Waals surface area contributed by atoms with Crippen LogP contribution in [-0.4, -0.2) is 24.0 Å². The fraction of sp³-hybridized carbons (Fsp3) is 0.250. The topological polar surface area (TPSA) is 120 Å². The van der Waals surface area contributed by atoms with Gasteiger partial charge in [0.15, 0.2) is 0 Å². The number of rotatable bonds is 6. The zero-order valence-electron chi connectivity index (χ0n) is 12.4. The second-order valence-electron chi connectivity index (χ2n) is 4.96.